The number of nitrogens with one attached hydrogen (secondary N) is 1. The molecule has 0 aromatic heterocycles. The van der Waals surface area contributed by atoms with Gasteiger partial charge in [0, 0.05) is 20.3 Å². The van der Waals surface area contributed by atoms with Crippen molar-refractivity contribution in [3.05, 3.63) is 32.5 Å². The number of nitrogens with zero attached hydrogens (tertiary/aromatic N) is 1. The van der Waals surface area contributed by atoms with E-state index in [1.54, 1.807) is 7.11 Å². The lowest BCUT2D eigenvalue weighted by atomic mass is 10.2. The van der Waals surface area contributed by atoms with E-state index in [4.69, 9.17) is 9.47 Å². The fourth-order valence-corrected chi connectivity index (χ4v) is 1.97. The molecule has 0 saturated heterocycles. The highest BCUT2D eigenvalue weighted by Crippen LogP contribution is 2.30. The van der Waals surface area contributed by atoms with Crippen molar-refractivity contribution in [2.24, 2.45) is 0 Å². The van der Waals surface area contributed by atoms with E-state index < -0.39 is 10.7 Å². The number of unbranched alkanes of at least 4 members (excludes halogenated alkanes) is 1. The van der Waals surface area contributed by atoms with Crippen LogP contribution in [-0.2, 0) is 9.47 Å². The van der Waals surface area contributed by atoms with Crippen molar-refractivity contribution in [2.45, 2.75) is 12.8 Å². The van der Waals surface area contributed by atoms with Gasteiger partial charge in [-0.1, -0.05) is 0 Å². The van der Waals surface area contributed by atoms with Crippen LogP contribution >= 0.6 is 15.9 Å². The first-order chi connectivity index (χ1) is 10.1. The Labute approximate surface area is 130 Å². The minimum atomic E-state index is -0.654. The Balaban J connectivity index is 2.38. The summed E-state index contributed by atoms with van der Waals surface area (Å²) in [5.74, 6) is -0.654. The highest BCUT2D eigenvalue weighted by molar-refractivity contribution is 9.10. The molecule has 0 radical (unpaired) electrons. The summed E-state index contributed by atoms with van der Waals surface area (Å²) in [7, 11) is 1.61. The maximum atomic E-state index is 13.3. The zero-order valence-corrected chi connectivity index (χ0v) is 13.3. The average Bonchev–Trinajstić information content (AvgIpc) is 2.44. The molecule has 0 atom stereocenters. The van der Waals surface area contributed by atoms with Crippen molar-refractivity contribution in [1.82, 2.24) is 0 Å². The van der Waals surface area contributed by atoms with Gasteiger partial charge in [-0.25, -0.2) is 4.39 Å². The Morgan fingerprint density at radius 1 is 1.33 bits per heavy atom. The van der Waals surface area contributed by atoms with Gasteiger partial charge in [0.1, 0.15) is 11.5 Å². The van der Waals surface area contributed by atoms with Crippen LogP contribution in [0.25, 0.3) is 0 Å². The van der Waals surface area contributed by atoms with E-state index in [0.29, 0.717) is 32.1 Å². The first kappa shape index (κ1) is 17.8. The van der Waals surface area contributed by atoms with Crippen LogP contribution in [-0.4, -0.2) is 38.4 Å². The number of methoxy groups -OCH3 is 1. The van der Waals surface area contributed by atoms with Crippen LogP contribution in [0.5, 0.6) is 0 Å². The molecule has 0 fully saturated rings. The molecule has 1 aromatic carbocycles. The van der Waals surface area contributed by atoms with Gasteiger partial charge in [0.2, 0.25) is 0 Å². The number of rotatable bonds is 10. The average molecular weight is 365 g/mol. The Hall–Kier alpha value is -1.25. The third kappa shape index (κ3) is 6.36. The molecule has 8 heteroatoms. The van der Waals surface area contributed by atoms with Crippen LogP contribution in [0.3, 0.4) is 0 Å². The van der Waals surface area contributed by atoms with Gasteiger partial charge in [-0.2, -0.15) is 0 Å². The topological polar surface area (TPSA) is 73.6 Å². The van der Waals surface area contributed by atoms with E-state index in [9.17, 15) is 14.5 Å². The van der Waals surface area contributed by atoms with Crippen LogP contribution in [0.15, 0.2) is 16.6 Å². The van der Waals surface area contributed by atoms with E-state index in [1.807, 2.05) is 0 Å². The summed E-state index contributed by atoms with van der Waals surface area (Å²) in [6.45, 7) is 2.28. The number of anilines is 1. The molecule has 0 heterocycles. The number of halogens is 2. The molecule has 1 N–H and O–H groups in total. The Morgan fingerprint density at radius 3 is 2.76 bits per heavy atom. The second-order valence-corrected chi connectivity index (χ2v) is 5.13. The molecule has 0 amide bonds. The number of hydrogen-bond acceptors (Lipinski definition) is 5. The van der Waals surface area contributed by atoms with Crippen molar-refractivity contribution in [3.63, 3.8) is 0 Å². The molecule has 0 saturated carbocycles. The van der Waals surface area contributed by atoms with Gasteiger partial charge in [0.05, 0.1) is 28.7 Å². The van der Waals surface area contributed by atoms with E-state index in [0.717, 1.165) is 18.9 Å². The number of hydrogen-bond donors (Lipinski definition) is 1. The quantitative estimate of drug-likeness (QED) is 0.391. The fourth-order valence-electron chi connectivity index (χ4n) is 1.63. The van der Waals surface area contributed by atoms with Crippen LogP contribution in [0.4, 0.5) is 15.8 Å². The molecule has 118 valence electrons. The van der Waals surface area contributed by atoms with Crippen LogP contribution in [0, 0.1) is 15.9 Å². The Bertz CT molecular complexity index is 474. The molecule has 0 bridgehead atoms. The maximum absolute atomic E-state index is 13.3. The van der Waals surface area contributed by atoms with Crippen molar-refractivity contribution >= 4 is 27.3 Å². The lowest BCUT2D eigenvalue weighted by Gasteiger charge is -2.08. The van der Waals surface area contributed by atoms with Gasteiger partial charge >= 0.3 is 0 Å². The monoisotopic (exact) mass is 364 g/mol. The summed E-state index contributed by atoms with van der Waals surface area (Å²) >= 11 is 3.02. The predicted molar refractivity (Wildman–Crippen MR) is 81.2 cm³/mol. The first-order valence-electron chi connectivity index (χ1n) is 6.50. The van der Waals surface area contributed by atoms with Gasteiger partial charge in [0.25, 0.3) is 5.69 Å². The third-order valence-corrected chi connectivity index (χ3v) is 3.31. The highest BCUT2D eigenvalue weighted by atomic mass is 79.9. The molecule has 0 aliphatic carbocycles. The van der Waals surface area contributed by atoms with Gasteiger partial charge in [0.15, 0.2) is 0 Å². The van der Waals surface area contributed by atoms with Gasteiger partial charge in [-0.3, -0.25) is 10.1 Å². The van der Waals surface area contributed by atoms with E-state index in [1.165, 1.54) is 6.07 Å². The Kier molecular flexibility index (Phi) is 8.17. The summed E-state index contributed by atoms with van der Waals surface area (Å²) in [4.78, 5) is 10.3. The molecule has 1 rings (SSSR count). The molecule has 0 aliphatic heterocycles. The molecular formula is C13H18BrFN2O4. The molecule has 21 heavy (non-hydrogen) atoms. The van der Waals surface area contributed by atoms with Gasteiger partial charge < -0.3 is 14.8 Å². The van der Waals surface area contributed by atoms with E-state index in [2.05, 4.69) is 21.2 Å². The lowest BCUT2D eigenvalue weighted by Crippen LogP contribution is -2.07. The SMILES string of the molecule is COCCOCCCCNc1cc(Br)c(F)cc1[N+](=O)[O-]. The number of ether oxygens (including phenoxy) is 2. The number of nitro groups is 1. The van der Waals surface area contributed by atoms with Crippen molar-refractivity contribution < 1.29 is 18.8 Å². The van der Waals surface area contributed by atoms with Gasteiger partial charge in [-0.05, 0) is 34.8 Å². The third-order valence-electron chi connectivity index (χ3n) is 2.70. The van der Waals surface area contributed by atoms with Crippen molar-refractivity contribution in [3.8, 4) is 0 Å². The molecule has 6 nitrogen and oxygen atoms in total. The van der Waals surface area contributed by atoms with E-state index in [-0.39, 0.29) is 10.2 Å². The van der Waals surface area contributed by atoms with Crippen LogP contribution in [0.1, 0.15) is 12.8 Å². The summed E-state index contributed by atoms with van der Waals surface area (Å²) in [6.07, 6.45) is 1.62. The second-order valence-electron chi connectivity index (χ2n) is 4.28. The standard InChI is InChI=1S/C13H18BrFN2O4/c1-20-6-7-21-5-3-2-4-16-12-8-10(14)11(15)9-13(12)17(18)19/h8-9,16H,2-7H2,1H3. The van der Waals surface area contributed by atoms with Crippen molar-refractivity contribution in [1.29, 1.82) is 0 Å². The Morgan fingerprint density at radius 2 is 2.10 bits per heavy atom. The molecule has 0 spiro atoms. The normalized spacial score (nSPS) is 10.6. The molecule has 0 unspecified atom stereocenters. The predicted octanol–water partition coefficient (Wildman–Crippen LogP) is 3.35. The number of benzene rings is 1. The molecule has 0 aliphatic rings. The van der Waals surface area contributed by atoms with E-state index >= 15 is 0 Å². The van der Waals surface area contributed by atoms with Crippen LogP contribution < -0.4 is 5.32 Å². The first-order valence-corrected chi connectivity index (χ1v) is 7.29. The summed E-state index contributed by atoms with van der Waals surface area (Å²) in [5.41, 5.74) is 0.0284. The summed E-state index contributed by atoms with van der Waals surface area (Å²) in [5, 5.41) is 13.8. The zero-order valence-electron chi connectivity index (χ0n) is 11.7. The second kappa shape index (κ2) is 9.64. The summed E-state index contributed by atoms with van der Waals surface area (Å²) < 4.78 is 23.6. The molecule has 1 aromatic rings. The van der Waals surface area contributed by atoms with Crippen LogP contribution in [0.2, 0.25) is 0 Å². The minimum Gasteiger partial charge on any atom is -0.382 e. The molecular weight excluding hydrogens is 347 g/mol. The lowest BCUT2D eigenvalue weighted by molar-refractivity contribution is -0.384. The van der Waals surface area contributed by atoms with Crippen molar-refractivity contribution in [2.75, 3.05) is 38.8 Å². The smallest absolute Gasteiger partial charge is 0.295 e. The maximum Gasteiger partial charge on any atom is 0.295 e. The summed E-state index contributed by atoms with van der Waals surface area (Å²) in [6, 6.07) is 2.28. The zero-order chi connectivity index (χ0) is 15.7. The number of nitro benzene ring substituents is 1. The largest absolute Gasteiger partial charge is 0.382 e. The highest BCUT2D eigenvalue weighted by Gasteiger charge is 2.17. The van der Waals surface area contributed by atoms with Gasteiger partial charge in [-0.15, -0.1) is 0 Å². The fraction of sp³-hybridized carbons (Fsp3) is 0.538. The minimum absolute atomic E-state index is 0.193.